The topological polar surface area (TPSA) is 0 Å². The van der Waals surface area contributed by atoms with Gasteiger partial charge in [-0.3, -0.25) is 0 Å². The van der Waals surface area contributed by atoms with Gasteiger partial charge in [0, 0.05) is 0 Å². The second-order valence-electron chi connectivity index (χ2n) is 4.80. The summed E-state index contributed by atoms with van der Waals surface area (Å²) < 4.78 is 2.70. The molecule has 0 aromatic rings. The van der Waals surface area contributed by atoms with Gasteiger partial charge in [-0.15, -0.1) is 0 Å². The Morgan fingerprint density at radius 1 is 0.632 bits per heavy atom. The fourth-order valence-corrected chi connectivity index (χ4v) is 8.48. The van der Waals surface area contributed by atoms with Gasteiger partial charge in [-0.2, -0.15) is 0 Å². The third kappa shape index (κ3) is 4.59. The van der Waals surface area contributed by atoms with Gasteiger partial charge in [0.25, 0.3) is 0 Å². The summed E-state index contributed by atoms with van der Waals surface area (Å²) in [6, 6.07) is 0. The number of hydrogen-bond donors (Lipinski definition) is 0. The zero-order valence-corrected chi connectivity index (χ0v) is 14.4. The van der Waals surface area contributed by atoms with Crippen LogP contribution in [-0.2, 0) is 12.8 Å². The van der Waals surface area contributed by atoms with Crippen molar-refractivity contribution in [3.8, 4) is 0 Å². The van der Waals surface area contributed by atoms with E-state index in [0.717, 1.165) is 51.4 Å². The van der Waals surface area contributed by atoms with E-state index in [2.05, 4.69) is 36.5 Å². The minimum absolute atomic E-state index is 1.04. The van der Waals surface area contributed by atoms with Crippen LogP contribution >= 0.6 is 19.4 Å². The Morgan fingerprint density at radius 2 is 1.05 bits per heavy atom. The normalized spacial score (nSPS) is 22.6. The molecule has 2 aliphatic rings. The molecular formula is C16H22Cl2Rh. The van der Waals surface area contributed by atoms with Gasteiger partial charge in [-0.25, -0.2) is 0 Å². The molecule has 0 heterocycles. The first-order valence-electron chi connectivity index (χ1n) is 6.99. The quantitative estimate of drug-likeness (QED) is 0.375. The van der Waals surface area contributed by atoms with Gasteiger partial charge in [0.15, 0.2) is 0 Å². The van der Waals surface area contributed by atoms with Gasteiger partial charge in [-0.05, 0) is 0 Å². The van der Waals surface area contributed by atoms with Gasteiger partial charge >= 0.3 is 128 Å². The molecule has 0 saturated carbocycles. The fourth-order valence-electron chi connectivity index (χ4n) is 2.28. The molecule has 2 rings (SSSR count). The Kier molecular flexibility index (Phi) is 6.40. The molecule has 0 aromatic heterocycles. The summed E-state index contributed by atoms with van der Waals surface area (Å²) in [6.45, 7) is 0. The molecule has 0 atom stereocenters. The van der Waals surface area contributed by atoms with Crippen molar-refractivity contribution in [2.45, 2.75) is 51.4 Å². The molecule has 0 unspecified atom stereocenters. The molecule has 0 bridgehead atoms. The van der Waals surface area contributed by atoms with Crippen molar-refractivity contribution in [2.24, 2.45) is 0 Å². The van der Waals surface area contributed by atoms with Crippen molar-refractivity contribution in [2.75, 3.05) is 0 Å². The monoisotopic (exact) mass is 387 g/mol. The summed E-state index contributed by atoms with van der Waals surface area (Å²) in [4.78, 5) is 0. The zero-order chi connectivity index (χ0) is 13.6. The number of allylic oxidation sites excluding steroid dienone is 8. The van der Waals surface area contributed by atoms with Crippen LogP contribution in [0.5, 0.6) is 0 Å². The third-order valence-corrected chi connectivity index (χ3v) is 11.3. The molecule has 2 aliphatic carbocycles. The van der Waals surface area contributed by atoms with E-state index in [9.17, 15) is 0 Å². The van der Waals surface area contributed by atoms with Crippen molar-refractivity contribution >= 4 is 19.4 Å². The van der Waals surface area contributed by atoms with E-state index in [1.54, 1.807) is 0 Å². The Balaban J connectivity index is 2.14. The van der Waals surface area contributed by atoms with E-state index >= 15 is 0 Å². The second-order valence-corrected chi connectivity index (χ2v) is 14.0. The molecular weight excluding hydrogens is 366 g/mol. The maximum atomic E-state index is 6.89. The zero-order valence-electron chi connectivity index (χ0n) is 11.2. The van der Waals surface area contributed by atoms with Crippen molar-refractivity contribution in [1.82, 2.24) is 0 Å². The van der Waals surface area contributed by atoms with E-state index in [1.807, 2.05) is 0 Å². The molecule has 0 aromatic carbocycles. The molecule has 0 spiro atoms. The number of hydrogen-bond acceptors (Lipinski definition) is 0. The van der Waals surface area contributed by atoms with Crippen molar-refractivity contribution < 1.29 is 12.8 Å². The molecule has 0 fully saturated rings. The predicted molar refractivity (Wildman–Crippen MR) is 83.1 cm³/mol. The van der Waals surface area contributed by atoms with Crippen LogP contribution in [0, 0.1) is 0 Å². The molecule has 3 heteroatoms. The first kappa shape index (κ1) is 15.6. The fraction of sp³-hybridized carbons (Fsp3) is 0.500. The summed E-state index contributed by atoms with van der Waals surface area (Å²) in [6.07, 6.45) is 22.3. The van der Waals surface area contributed by atoms with Gasteiger partial charge in [0.05, 0.1) is 0 Å². The second kappa shape index (κ2) is 7.82. The number of halogens is 2. The van der Waals surface area contributed by atoms with Crippen LogP contribution in [0.3, 0.4) is 0 Å². The molecule has 0 nitrogen and oxygen atoms in total. The van der Waals surface area contributed by atoms with Gasteiger partial charge in [-0.1, -0.05) is 0 Å². The van der Waals surface area contributed by atoms with E-state index in [4.69, 9.17) is 19.4 Å². The summed E-state index contributed by atoms with van der Waals surface area (Å²) in [5, 5.41) is 0. The summed E-state index contributed by atoms with van der Waals surface area (Å²) in [5.41, 5.74) is 0. The van der Waals surface area contributed by atoms with Crippen LogP contribution in [0.1, 0.15) is 51.4 Å². The average molecular weight is 388 g/mol. The Bertz CT molecular complexity index is 378. The molecule has 0 N–H and O–H groups in total. The summed E-state index contributed by atoms with van der Waals surface area (Å²) in [5.74, 6) is 0. The first-order valence-corrected chi connectivity index (χ1v) is 12.8. The molecule has 19 heavy (non-hydrogen) atoms. The minimum atomic E-state index is -2.66. The molecule has 109 valence electrons. The standard InChI is InChI=1S/2C8H11.2ClH.Rh/c2*1-2-4-6-8-7-5-3-1;;;/h2*1-2,7H,3-6H2;2*1H;/q;;;;+2/p-2. The Hall–Kier alpha value is 0.163. The van der Waals surface area contributed by atoms with E-state index in [0.29, 0.717) is 0 Å². The first-order chi connectivity index (χ1) is 9.21. The molecule has 0 aliphatic heterocycles. The Morgan fingerprint density at radius 3 is 1.53 bits per heavy atom. The van der Waals surface area contributed by atoms with Crippen molar-refractivity contribution in [1.29, 1.82) is 0 Å². The van der Waals surface area contributed by atoms with E-state index < -0.39 is 12.8 Å². The van der Waals surface area contributed by atoms with Crippen LogP contribution in [0.4, 0.5) is 0 Å². The predicted octanol–water partition coefficient (Wildman–Crippen LogP) is 6.48. The third-order valence-electron chi connectivity index (χ3n) is 3.33. The van der Waals surface area contributed by atoms with Crippen LogP contribution in [0.15, 0.2) is 44.8 Å². The molecule has 0 amide bonds. The van der Waals surface area contributed by atoms with Gasteiger partial charge in [0.1, 0.15) is 0 Å². The van der Waals surface area contributed by atoms with Crippen LogP contribution in [0.2, 0.25) is 0 Å². The average Bonchev–Trinajstić information content (AvgIpc) is 2.26. The molecule has 0 radical (unpaired) electrons. The van der Waals surface area contributed by atoms with Gasteiger partial charge in [0.2, 0.25) is 0 Å². The van der Waals surface area contributed by atoms with Crippen LogP contribution in [-0.4, -0.2) is 0 Å². The maximum absolute atomic E-state index is 6.89. The summed E-state index contributed by atoms with van der Waals surface area (Å²) >= 11 is -2.66. The summed E-state index contributed by atoms with van der Waals surface area (Å²) in [7, 11) is 13.8. The SMILES string of the molecule is [Cl][Rh]([Cl])([C]1=CCCC=CCC1)[C]1=CCCC=CCC1. The Labute approximate surface area is 128 Å². The van der Waals surface area contributed by atoms with Crippen molar-refractivity contribution in [3.05, 3.63) is 44.8 Å². The van der Waals surface area contributed by atoms with Crippen LogP contribution in [0.25, 0.3) is 0 Å². The molecule has 0 saturated heterocycles. The van der Waals surface area contributed by atoms with Gasteiger partial charge < -0.3 is 0 Å². The van der Waals surface area contributed by atoms with E-state index in [-0.39, 0.29) is 0 Å². The van der Waals surface area contributed by atoms with Crippen molar-refractivity contribution in [3.63, 3.8) is 0 Å². The van der Waals surface area contributed by atoms with E-state index in [1.165, 1.54) is 8.33 Å². The van der Waals surface area contributed by atoms with Crippen LogP contribution < -0.4 is 0 Å². The number of rotatable bonds is 2.